The molecule has 1 amide bonds. The second kappa shape index (κ2) is 7.96. The zero-order chi connectivity index (χ0) is 18.7. The van der Waals surface area contributed by atoms with Crippen LogP contribution in [0.5, 0.6) is 0 Å². The molecule has 0 radical (unpaired) electrons. The normalized spacial score (nSPS) is 10.9. The van der Waals surface area contributed by atoms with Gasteiger partial charge in [0, 0.05) is 17.0 Å². The van der Waals surface area contributed by atoms with Crippen molar-refractivity contribution in [2.45, 2.75) is 32.5 Å². The SMILES string of the molecule is CCn1c(SCC(=O)Nc2nc(C)c(C)s2)nnc1-c1cccc(F)c1. The number of hydrogen-bond acceptors (Lipinski definition) is 6. The summed E-state index contributed by atoms with van der Waals surface area (Å²) >= 11 is 2.74. The van der Waals surface area contributed by atoms with Crippen molar-refractivity contribution in [1.29, 1.82) is 0 Å². The lowest BCUT2D eigenvalue weighted by molar-refractivity contribution is -0.113. The minimum Gasteiger partial charge on any atom is -0.302 e. The van der Waals surface area contributed by atoms with E-state index in [-0.39, 0.29) is 17.5 Å². The Labute approximate surface area is 158 Å². The first-order chi connectivity index (χ1) is 12.5. The number of thioether (sulfide) groups is 1. The van der Waals surface area contributed by atoms with Gasteiger partial charge in [0.2, 0.25) is 5.91 Å². The Morgan fingerprint density at radius 2 is 2.15 bits per heavy atom. The van der Waals surface area contributed by atoms with Crippen molar-refractivity contribution in [3.05, 3.63) is 40.7 Å². The van der Waals surface area contributed by atoms with Gasteiger partial charge < -0.3 is 9.88 Å². The molecule has 0 aliphatic carbocycles. The number of hydrogen-bond donors (Lipinski definition) is 1. The van der Waals surface area contributed by atoms with Crippen LogP contribution in [0.1, 0.15) is 17.5 Å². The van der Waals surface area contributed by atoms with Gasteiger partial charge in [-0.15, -0.1) is 21.5 Å². The molecule has 1 N–H and O–H groups in total. The van der Waals surface area contributed by atoms with E-state index >= 15 is 0 Å². The maximum Gasteiger partial charge on any atom is 0.236 e. The minimum absolute atomic E-state index is 0.151. The maximum absolute atomic E-state index is 13.5. The van der Waals surface area contributed by atoms with E-state index in [0.717, 1.165) is 10.6 Å². The van der Waals surface area contributed by atoms with Gasteiger partial charge in [0.15, 0.2) is 16.1 Å². The Kier molecular flexibility index (Phi) is 5.67. The number of aryl methyl sites for hydroxylation is 2. The topological polar surface area (TPSA) is 72.7 Å². The first-order valence-electron chi connectivity index (χ1n) is 8.03. The molecule has 3 aromatic rings. The second-order valence-electron chi connectivity index (χ2n) is 5.56. The highest BCUT2D eigenvalue weighted by Gasteiger charge is 2.15. The molecule has 0 aliphatic rings. The van der Waals surface area contributed by atoms with Crippen LogP contribution in [-0.2, 0) is 11.3 Å². The van der Waals surface area contributed by atoms with E-state index in [0.29, 0.717) is 28.2 Å². The smallest absolute Gasteiger partial charge is 0.236 e. The fourth-order valence-electron chi connectivity index (χ4n) is 2.33. The molecular formula is C17H18FN5OS2. The molecule has 2 aromatic heterocycles. The number of halogens is 1. The standard InChI is InChI=1S/C17H18FN5OS2/c1-4-23-15(12-6-5-7-13(18)8-12)21-22-17(23)25-9-14(24)20-16-19-10(2)11(3)26-16/h5-8H,4,9H2,1-3H3,(H,19,20,24). The van der Waals surface area contributed by atoms with Crippen molar-refractivity contribution in [3.8, 4) is 11.4 Å². The molecule has 0 unspecified atom stereocenters. The molecule has 0 saturated carbocycles. The lowest BCUT2D eigenvalue weighted by Crippen LogP contribution is -2.14. The summed E-state index contributed by atoms with van der Waals surface area (Å²) in [5, 5.41) is 12.3. The zero-order valence-corrected chi connectivity index (χ0v) is 16.2. The van der Waals surface area contributed by atoms with Gasteiger partial charge in [0.05, 0.1) is 11.4 Å². The maximum atomic E-state index is 13.5. The molecule has 2 heterocycles. The number of benzene rings is 1. The van der Waals surface area contributed by atoms with Crippen molar-refractivity contribution in [3.63, 3.8) is 0 Å². The number of rotatable bonds is 6. The summed E-state index contributed by atoms with van der Waals surface area (Å²) < 4.78 is 15.3. The van der Waals surface area contributed by atoms with Crippen LogP contribution in [0.25, 0.3) is 11.4 Å². The quantitative estimate of drug-likeness (QED) is 0.645. The van der Waals surface area contributed by atoms with Gasteiger partial charge >= 0.3 is 0 Å². The number of anilines is 1. The van der Waals surface area contributed by atoms with Crippen LogP contribution in [0, 0.1) is 19.7 Å². The Morgan fingerprint density at radius 1 is 1.35 bits per heavy atom. The lowest BCUT2D eigenvalue weighted by atomic mass is 10.2. The molecule has 9 heteroatoms. The molecule has 136 valence electrons. The second-order valence-corrected chi connectivity index (χ2v) is 7.70. The van der Waals surface area contributed by atoms with Crippen LogP contribution >= 0.6 is 23.1 Å². The minimum atomic E-state index is -0.323. The summed E-state index contributed by atoms with van der Waals surface area (Å²) in [6.07, 6.45) is 0. The summed E-state index contributed by atoms with van der Waals surface area (Å²) in [5.74, 6) is 0.303. The summed E-state index contributed by atoms with van der Waals surface area (Å²) in [6, 6.07) is 6.23. The van der Waals surface area contributed by atoms with E-state index in [1.807, 2.05) is 25.3 Å². The average Bonchev–Trinajstić information content (AvgIpc) is 3.15. The van der Waals surface area contributed by atoms with Gasteiger partial charge in [-0.05, 0) is 32.9 Å². The van der Waals surface area contributed by atoms with Gasteiger partial charge in [-0.3, -0.25) is 4.79 Å². The molecule has 0 fully saturated rings. The van der Waals surface area contributed by atoms with Gasteiger partial charge in [0.1, 0.15) is 5.82 Å². The summed E-state index contributed by atoms with van der Waals surface area (Å²) in [6.45, 7) is 6.45. The summed E-state index contributed by atoms with van der Waals surface area (Å²) in [4.78, 5) is 17.5. The van der Waals surface area contributed by atoms with E-state index in [1.54, 1.807) is 12.1 Å². The van der Waals surface area contributed by atoms with Gasteiger partial charge in [-0.25, -0.2) is 9.37 Å². The van der Waals surface area contributed by atoms with E-state index in [4.69, 9.17) is 0 Å². The number of carbonyl (C=O) groups excluding carboxylic acids is 1. The largest absolute Gasteiger partial charge is 0.302 e. The highest BCUT2D eigenvalue weighted by molar-refractivity contribution is 7.99. The molecule has 3 rings (SSSR count). The Balaban J connectivity index is 1.69. The molecule has 0 aliphatic heterocycles. The Hall–Kier alpha value is -2.26. The third-order valence-corrected chi connectivity index (χ3v) is 5.68. The number of aromatic nitrogens is 4. The molecule has 0 atom stereocenters. The van der Waals surface area contributed by atoms with Gasteiger partial charge in [-0.2, -0.15) is 0 Å². The van der Waals surface area contributed by atoms with Crippen LogP contribution in [0.4, 0.5) is 9.52 Å². The van der Waals surface area contributed by atoms with Crippen LogP contribution < -0.4 is 5.32 Å². The van der Waals surface area contributed by atoms with E-state index < -0.39 is 0 Å². The fourth-order valence-corrected chi connectivity index (χ4v) is 3.97. The third kappa shape index (κ3) is 4.10. The van der Waals surface area contributed by atoms with Crippen LogP contribution in [-0.4, -0.2) is 31.4 Å². The summed E-state index contributed by atoms with van der Waals surface area (Å²) in [7, 11) is 0. The first kappa shape index (κ1) is 18.5. The van der Waals surface area contributed by atoms with Crippen molar-refractivity contribution in [2.24, 2.45) is 0 Å². The van der Waals surface area contributed by atoms with E-state index in [9.17, 15) is 9.18 Å². The molecule has 1 aromatic carbocycles. The average molecular weight is 391 g/mol. The van der Waals surface area contributed by atoms with Crippen molar-refractivity contribution in [1.82, 2.24) is 19.7 Å². The third-order valence-electron chi connectivity index (χ3n) is 3.72. The monoisotopic (exact) mass is 391 g/mol. The molecule has 6 nitrogen and oxygen atoms in total. The van der Waals surface area contributed by atoms with Crippen LogP contribution in [0.3, 0.4) is 0 Å². The van der Waals surface area contributed by atoms with E-state index in [1.165, 1.54) is 35.2 Å². The predicted molar refractivity (Wildman–Crippen MR) is 102 cm³/mol. The number of nitrogens with one attached hydrogen (secondary N) is 1. The first-order valence-corrected chi connectivity index (χ1v) is 9.84. The predicted octanol–water partition coefficient (Wildman–Crippen LogP) is 3.91. The molecule has 0 spiro atoms. The highest BCUT2D eigenvalue weighted by Crippen LogP contribution is 2.25. The van der Waals surface area contributed by atoms with Crippen molar-refractivity contribution < 1.29 is 9.18 Å². The van der Waals surface area contributed by atoms with Crippen molar-refractivity contribution in [2.75, 3.05) is 11.1 Å². The Morgan fingerprint density at radius 3 is 2.81 bits per heavy atom. The number of carbonyl (C=O) groups is 1. The zero-order valence-electron chi connectivity index (χ0n) is 14.6. The summed E-state index contributed by atoms with van der Waals surface area (Å²) in [5.41, 5.74) is 1.58. The molecular weight excluding hydrogens is 373 g/mol. The molecule has 0 bridgehead atoms. The Bertz CT molecular complexity index is 918. The highest BCUT2D eigenvalue weighted by atomic mass is 32.2. The van der Waals surface area contributed by atoms with Crippen LogP contribution in [0.15, 0.2) is 29.4 Å². The molecule has 26 heavy (non-hydrogen) atoms. The van der Waals surface area contributed by atoms with Crippen LogP contribution in [0.2, 0.25) is 0 Å². The number of nitrogens with zero attached hydrogens (tertiary/aromatic N) is 4. The molecule has 0 saturated heterocycles. The number of thiazole rings is 1. The van der Waals surface area contributed by atoms with Gasteiger partial charge in [0.25, 0.3) is 0 Å². The van der Waals surface area contributed by atoms with Crippen molar-refractivity contribution >= 4 is 34.1 Å². The fraction of sp³-hybridized carbons (Fsp3) is 0.294. The van der Waals surface area contributed by atoms with Gasteiger partial charge in [-0.1, -0.05) is 23.9 Å². The van der Waals surface area contributed by atoms with E-state index in [2.05, 4.69) is 20.5 Å². The number of amides is 1. The lowest BCUT2D eigenvalue weighted by Gasteiger charge is -2.07.